The Morgan fingerprint density at radius 3 is 2.68 bits per heavy atom. The van der Waals surface area contributed by atoms with Gasteiger partial charge in [-0.25, -0.2) is 0 Å². The normalized spacial score (nSPS) is 17.2. The first-order valence-electron chi connectivity index (χ1n) is 7.50. The van der Waals surface area contributed by atoms with E-state index in [2.05, 4.69) is 49.0 Å². The van der Waals surface area contributed by atoms with Crippen LogP contribution in [0, 0.1) is 12.8 Å². The van der Waals surface area contributed by atoms with Crippen LogP contribution in [0.1, 0.15) is 44.9 Å². The van der Waals surface area contributed by atoms with Gasteiger partial charge in [-0.05, 0) is 31.7 Å². The SMILES string of the molecule is Cc1cc(N2CCC(C)CC2)c(CNC(C)C)cn1. The Hall–Kier alpha value is -1.09. The molecule has 0 aromatic carbocycles. The number of hydrogen-bond donors (Lipinski definition) is 1. The molecule has 1 aromatic heterocycles. The van der Waals surface area contributed by atoms with E-state index in [-0.39, 0.29) is 0 Å². The maximum Gasteiger partial charge on any atom is 0.0445 e. The summed E-state index contributed by atoms with van der Waals surface area (Å²) in [7, 11) is 0. The molecule has 1 aromatic rings. The summed E-state index contributed by atoms with van der Waals surface area (Å²) in [6.45, 7) is 12.1. The Kier molecular flexibility index (Phi) is 4.81. The Bertz CT molecular complexity index is 406. The average molecular weight is 261 g/mol. The average Bonchev–Trinajstić information content (AvgIpc) is 2.38. The Labute approximate surface area is 117 Å². The van der Waals surface area contributed by atoms with E-state index in [4.69, 9.17) is 0 Å². The van der Waals surface area contributed by atoms with Crippen molar-refractivity contribution in [1.29, 1.82) is 0 Å². The van der Waals surface area contributed by atoms with Crippen LogP contribution in [-0.4, -0.2) is 24.1 Å². The fourth-order valence-corrected chi connectivity index (χ4v) is 2.57. The molecule has 0 saturated carbocycles. The topological polar surface area (TPSA) is 28.2 Å². The van der Waals surface area contributed by atoms with Gasteiger partial charge < -0.3 is 10.2 Å². The molecule has 1 aliphatic heterocycles. The summed E-state index contributed by atoms with van der Waals surface area (Å²) in [5.41, 5.74) is 3.82. The summed E-state index contributed by atoms with van der Waals surface area (Å²) < 4.78 is 0. The number of aromatic nitrogens is 1. The van der Waals surface area contributed by atoms with Gasteiger partial charge in [-0.2, -0.15) is 0 Å². The van der Waals surface area contributed by atoms with Gasteiger partial charge in [0.25, 0.3) is 0 Å². The standard InChI is InChI=1S/C16H27N3/c1-12(2)17-10-15-11-18-14(4)9-16(15)19-7-5-13(3)6-8-19/h9,11-13,17H,5-8,10H2,1-4H3. The van der Waals surface area contributed by atoms with E-state index in [0.29, 0.717) is 6.04 Å². The smallest absolute Gasteiger partial charge is 0.0445 e. The van der Waals surface area contributed by atoms with Gasteiger partial charge in [0.1, 0.15) is 0 Å². The predicted molar refractivity (Wildman–Crippen MR) is 81.6 cm³/mol. The first-order chi connectivity index (χ1) is 9.06. The third-order valence-electron chi connectivity index (χ3n) is 3.92. The lowest BCUT2D eigenvalue weighted by Gasteiger charge is -2.33. The zero-order valence-corrected chi connectivity index (χ0v) is 12.7. The van der Waals surface area contributed by atoms with Gasteiger partial charge in [-0.3, -0.25) is 4.98 Å². The van der Waals surface area contributed by atoms with E-state index < -0.39 is 0 Å². The number of anilines is 1. The van der Waals surface area contributed by atoms with Gasteiger partial charge >= 0.3 is 0 Å². The van der Waals surface area contributed by atoms with Crippen molar-refractivity contribution < 1.29 is 0 Å². The molecule has 0 radical (unpaired) electrons. The molecule has 3 nitrogen and oxygen atoms in total. The highest BCUT2D eigenvalue weighted by molar-refractivity contribution is 5.54. The van der Waals surface area contributed by atoms with E-state index in [1.54, 1.807) is 0 Å². The van der Waals surface area contributed by atoms with Crippen molar-refractivity contribution in [3.8, 4) is 0 Å². The molecule has 2 heterocycles. The Morgan fingerprint density at radius 2 is 2.05 bits per heavy atom. The number of rotatable bonds is 4. The van der Waals surface area contributed by atoms with Crippen LogP contribution in [0.4, 0.5) is 5.69 Å². The third-order valence-corrected chi connectivity index (χ3v) is 3.92. The molecule has 0 unspecified atom stereocenters. The van der Waals surface area contributed by atoms with Crippen LogP contribution >= 0.6 is 0 Å². The van der Waals surface area contributed by atoms with Crippen molar-refractivity contribution in [1.82, 2.24) is 10.3 Å². The second-order valence-electron chi connectivity index (χ2n) is 6.16. The Balaban J connectivity index is 2.14. The largest absolute Gasteiger partial charge is 0.371 e. The maximum atomic E-state index is 4.46. The number of pyridine rings is 1. The van der Waals surface area contributed by atoms with Crippen LogP contribution in [0.15, 0.2) is 12.3 Å². The molecular formula is C16H27N3. The van der Waals surface area contributed by atoms with E-state index in [1.165, 1.54) is 37.2 Å². The van der Waals surface area contributed by atoms with Gasteiger partial charge in [0.2, 0.25) is 0 Å². The lowest BCUT2D eigenvalue weighted by molar-refractivity contribution is 0.437. The molecule has 0 atom stereocenters. The third kappa shape index (κ3) is 3.93. The molecular weight excluding hydrogens is 234 g/mol. The van der Waals surface area contributed by atoms with E-state index in [1.807, 2.05) is 6.20 Å². The summed E-state index contributed by atoms with van der Waals surface area (Å²) in [6.07, 6.45) is 4.65. The van der Waals surface area contributed by atoms with Gasteiger partial charge in [0.15, 0.2) is 0 Å². The quantitative estimate of drug-likeness (QED) is 0.902. The number of hydrogen-bond acceptors (Lipinski definition) is 3. The predicted octanol–water partition coefficient (Wildman–Crippen LogP) is 3.12. The van der Waals surface area contributed by atoms with Gasteiger partial charge in [0.05, 0.1) is 0 Å². The van der Waals surface area contributed by atoms with Crippen LogP contribution < -0.4 is 10.2 Å². The summed E-state index contributed by atoms with van der Waals surface area (Å²) in [5.74, 6) is 0.872. The maximum absolute atomic E-state index is 4.46. The molecule has 3 heteroatoms. The number of piperidine rings is 1. The highest BCUT2D eigenvalue weighted by atomic mass is 15.1. The van der Waals surface area contributed by atoms with Crippen molar-refractivity contribution in [3.05, 3.63) is 23.5 Å². The first kappa shape index (κ1) is 14.3. The summed E-state index contributed by atoms with van der Waals surface area (Å²) in [6, 6.07) is 2.75. The highest BCUT2D eigenvalue weighted by Gasteiger charge is 2.18. The molecule has 19 heavy (non-hydrogen) atoms. The van der Waals surface area contributed by atoms with E-state index >= 15 is 0 Å². The molecule has 0 spiro atoms. The van der Waals surface area contributed by atoms with Gasteiger partial charge in [-0.15, -0.1) is 0 Å². The van der Waals surface area contributed by atoms with Crippen molar-refractivity contribution in [2.45, 2.75) is 53.1 Å². The zero-order valence-electron chi connectivity index (χ0n) is 12.7. The molecule has 1 saturated heterocycles. The minimum absolute atomic E-state index is 0.510. The molecule has 1 aliphatic rings. The highest BCUT2D eigenvalue weighted by Crippen LogP contribution is 2.26. The fourth-order valence-electron chi connectivity index (χ4n) is 2.57. The van der Waals surface area contributed by atoms with E-state index in [9.17, 15) is 0 Å². The molecule has 1 fully saturated rings. The van der Waals surface area contributed by atoms with Crippen molar-refractivity contribution >= 4 is 5.69 Å². The van der Waals surface area contributed by atoms with Gasteiger partial charge in [-0.1, -0.05) is 20.8 Å². The van der Waals surface area contributed by atoms with E-state index in [0.717, 1.165) is 18.2 Å². The number of nitrogens with zero attached hydrogens (tertiary/aromatic N) is 2. The zero-order chi connectivity index (χ0) is 13.8. The minimum Gasteiger partial charge on any atom is -0.371 e. The molecule has 0 aliphatic carbocycles. The lowest BCUT2D eigenvalue weighted by Crippen LogP contribution is -2.34. The second-order valence-corrected chi connectivity index (χ2v) is 6.16. The van der Waals surface area contributed by atoms with Crippen LogP contribution in [0.3, 0.4) is 0 Å². The molecule has 1 N–H and O–H groups in total. The monoisotopic (exact) mass is 261 g/mol. The van der Waals surface area contributed by atoms with Crippen LogP contribution in [0.2, 0.25) is 0 Å². The molecule has 0 bridgehead atoms. The van der Waals surface area contributed by atoms with Crippen LogP contribution in [0.25, 0.3) is 0 Å². The van der Waals surface area contributed by atoms with Crippen molar-refractivity contribution in [2.75, 3.05) is 18.0 Å². The molecule has 0 amide bonds. The van der Waals surface area contributed by atoms with Crippen LogP contribution in [-0.2, 0) is 6.54 Å². The van der Waals surface area contributed by atoms with Crippen molar-refractivity contribution in [2.24, 2.45) is 5.92 Å². The van der Waals surface area contributed by atoms with Crippen LogP contribution in [0.5, 0.6) is 0 Å². The fraction of sp³-hybridized carbons (Fsp3) is 0.688. The summed E-state index contributed by atoms with van der Waals surface area (Å²) >= 11 is 0. The number of nitrogens with one attached hydrogen (secondary N) is 1. The Morgan fingerprint density at radius 1 is 1.37 bits per heavy atom. The second kappa shape index (κ2) is 6.38. The summed E-state index contributed by atoms with van der Waals surface area (Å²) in [5, 5.41) is 3.50. The minimum atomic E-state index is 0.510. The van der Waals surface area contributed by atoms with Crippen molar-refractivity contribution in [3.63, 3.8) is 0 Å². The summed E-state index contributed by atoms with van der Waals surface area (Å²) in [4.78, 5) is 6.99. The number of aryl methyl sites for hydroxylation is 1. The van der Waals surface area contributed by atoms with Gasteiger partial charge in [0, 0.05) is 48.8 Å². The molecule has 2 rings (SSSR count). The lowest BCUT2D eigenvalue weighted by atomic mass is 9.98. The molecule has 106 valence electrons. The first-order valence-corrected chi connectivity index (χ1v) is 7.50.